The first-order valence-electron chi connectivity index (χ1n) is 7.26. The van der Waals surface area contributed by atoms with Crippen molar-refractivity contribution < 1.29 is 14.3 Å². The zero-order chi connectivity index (χ0) is 17.4. The number of amides is 2. The fourth-order valence-electron chi connectivity index (χ4n) is 1.88. The molecule has 2 rings (SSSR count). The van der Waals surface area contributed by atoms with E-state index in [9.17, 15) is 9.59 Å². The molecular weight excluding hydrogens is 328 g/mol. The third kappa shape index (κ3) is 5.14. The number of halogens is 1. The van der Waals surface area contributed by atoms with Gasteiger partial charge in [-0.05, 0) is 35.9 Å². The van der Waals surface area contributed by atoms with Crippen LogP contribution in [0.2, 0.25) is 5.02 Å². The van der Waals surface area contributed by atoms with Crippen LogP contribution in [0.1, 0.15) is 5.56 Å². The molecule has 0 fully saturated rings. The van der Waals surface area contributed by atoms with Gasteiger partial charge in [-0.1, -0.05) is 42.5 Å². The molecule has 0 aliphatic heterocycles. The van der Waals surface area contributed by atoms with Crippen molar-refractivity contribution in [3.63, 3.8) is 0 Å². The second kappa shape index (κ2) is 8.74. The van der Waals surface area contributed by atoms with E-state index in [0.717, 1.165) is 5.56 Å². The van der Waals surface area contributed by atoms with Crippen LogP contribution in [0.3, 0.4) is 0 Å². The molecule has 0 radical (unpaired) electrons. The molecule has 0 unspecified atom stereocenters. The third-order valence-corrected chi connectivity index (χ3v) is 3.45. The summed E-state index contributed by atoms with van der Waals surface area (Å²) in [5.74, 6) is -0.834. The first kappa shape index (κ1) is 17.6. The summed E-state index contributed by atoms with van der Waals surface area (Å²) >= 11 is 6.00. The Bertz CT molecular complexity index is 729. The van der Waals surface area contributed by atoms with E-state index in [1.165, 1.54) is 0 Å². The molecule has 0 aliphatic rings. The number of carbonyl (C=O) groups is 2. The fourth-order valence-corrected chi connectivity index (χ4v) is 2.08. The minimum absolute atomic E-state index is 0.181. The van der Waals surface area contributed by atoms with Gasteiger partial charge < -0.3 is 15.4 Å². The maximum absolute atomic E-state index is 11.9. The lowest BCUT2D eigenvalue weighted by Crippen LogP contribution is -2.35. The summed E-state index contributed by atoms with van der Waals surface area (Å²) in [5, 5.41) is 5.58. The number of benzene rings is 2. The molecular formula is C18H17ClN2O3. The number of nitrogens with one attached hydrogen (secondary N) is 2. The maximum atomic E-state index is 11.9. The van der Waals surface area contributed by atoms with Crippen molar-refractivity contribution in [1.82, 2.24) is 5.32 Å². The number of carbonyl (C=O) groups excluding carboxylic acids is 2. The molecule has 0 bridgehead atoms. The normalized spacial score (nSPS) is 9.88. The van der Waals surface area contributed by atoms with E-state index in [0.29, 0.717) is 23.1 Å². The Kier molecular flexibility index (Phi) is 6.40. The van der Waals surface area contributed by atoms with Crippen LogP contribution >= 0.6 is 11.6 Å². The van der Waals surface area contributed by atoms with Crippen LogP contribution in [0.15, 0.2) is 61.2 Å². The van der Waals surface area contributed by atoms with Crippen molar-refractivity contribution in [3.05, 3.63) is 71.8 Å². The Morgan fingerprint density at radius 2 is 1.79 bits per heavy atom. The number of anilines is 1. The number of hydrogen-bond acceptors (Lipinski definition) is 3. The number of hydrogen-bond donors (Lipinski definition) is 2. The molecule has 24 heavy (non-hydrogen) atoms. The van der Waals surface area contributed by atoms with Gasteiger partial charge in [-0.3, -0.25) is 9.59 Å². The number of ether oxygens (including phenoxy) is 1. The summed E-state index contributed by atoms with van der Waals surface area (Å²) in [6, 6.07) is 13.8. The summed E-state index contributed by atoms with van der Waals surface area (Å²) < 4.78 is 5.34. The molecule has 2 aromatic carbocycles. The molecule has 5 nitrogen and oxygen atoms in total. The third-order valence-electron chi connectivity index (χ3n) is 3.08. The van der Waals surface area contributed by atoms with Crippen LogP contribution in [0.4, 0.5) is 5.69 Å². The van der Waals surface area contributed by atoms with Crippen molar-refractivity contribution in [2.75, 3.05) is 11.9 Å². The van der Waals surface area contributed by atoms with Gasteiger partial charge in [0.1, 0.15) is 12.4 Å². The lowest BCUT2D eigenvalue weighted by molar-refractivity contribution is -0.136. The Labute approximate surface area is 145 Å². The maximum Gasteiger partial charge on any atom is 0.313 e. The van der Waals surface area contributed by atoms with Crippen molar-refractivity contribution >= 4 is 29.1 Å². The molecule has 0 aliphatic carbocycles. The molecule has 0 spiro atoms. The van der Waals surface area contributed by atoms with E-state index >= 15 is 0 Å². The van der Waals surface area contributed by atoms with Crippen LogP contribution in [-0.2, 0) is 16.1 Å². The second-order valence-electron chi connectivity index (χ2n) is 4.85. The van der Waals surface area contributed by atoms with Crippen molar-refractivity contribution in [1.29, 1.82) is 0 Å². The van der Waals surface area contributed by atoms with E-state index in [1.807, 2.05) is 6.07 Å². The zero-order valence-corrected chi connectivity index (χ0v) is 13.7. The number of rotatable bonds is 6. The Morgan fingerprint density at radius 1 is 1.08 bits per heavy atom. The van der Waals surface area contributed by atoms with Crippen LogP contribution in [0.25, 0.3) is 0 Å². The summed E-state index contributed by atoms with van der Waals surface area (Å²) in [7, 11) is 0. The van der Waals surface area contributed by atoms with Crippen LogP contribution in [0.5, 0.6) is 5.75 Å². The smallest absolute Gasteiger partial charge is 0.313 e. The van der Waals surface area contributed by atoms with E-state index in [4.69, 9.17) is 16.3 Å². The molecule has 0 saturated carbocycles. The van der Waals surface area contributed by atoms with Crippen LogP contribution < -0.4 is 15.4 Å². The van der Waals surface area contributed by atoms with Gasteiger partial charge in [-0.15, -0.1) is 0 Å². The van der Waals surface area contributed by atoms with Crippen molar-refractivity contribution in [2.24, 2.45) is 0 Å². The summed E-state index contributed by atoms with van der Waals surface area (Å²) in [4.78, 5) is 23.7. The molecule has 0 atom stereocenters. The van der Waals surface area contributed by atoms with Gasteiger partial charge in [-0.2, -0.15) is 0 Å². The fraction of sp³-hybridized carbons (Fsp3) is 0.111. The van der Waals surface area contributed by atoms with Gasteiger partial charge in [0.2, 0.25) is 0 Å². The first-order valence-corrected chi connectivity index (χ1v) is 7.64. The summed E-state index contributed by atoms with van der Waals surface area (Å²) in [6.07, 6.45) is 1.64. The van der Waals surface area contributed by atoms with Gasteiger partial charge in [-0.25, -0.2) is 0 Å². The molecule has 0 aromatic heterocycles. The zero-order valence-electron chi connectivity index (χ0n) is 12.9. The largest absolute Gasteiger partial charge is 0.490 e. The lowest BCUT2D eigenvalue weighted by atomic mass is 10.2. The van der Waals surface area contributed by atoms with Gasteiger partial charge in [0.05, 0.1) is 0 Å². The Morgan fingerprint density at radius 3 is 2.46 bits per heavy atom. The van der Waals surface area contributed by atoms with E-state index < -0.39 is 11.8 Å². The molecule has 0 heterocycles. The Hall–Kier alpha value is -2.79. The van der Waals surface area contributed by atoms with Gasteiger partial charge >= 0.3 is 11.8 Å². The highest BCUT2D eigenvalue weighted by atomic mass is 35.5. The predicted molar refractivity (Wildman–Crippen MR) is 94.1 cm³/mol. The predicted octanol–water partition coefficient (Wildman–Crippen LogP) is 3.16. The Balaban J connectivity index is 1.86. The minimum Gasteiger partial charge on any atom is -0.490 e. The second-order valence-corrected chi connectivity index (χ2v) is 5.26. The van der Waals surface area contributed by atoms with Gasteiger partial charge in [0.15, 0.2) is 0 Å². The monoisotopic (exact) mass is 344 g/mol. The lowest BCUT2D eigenvalue weighted by Gasteiger charge is -2.08. The first-order chi connectivity index (χ1) is 11.6. The van der Waals surface area contributed by atoms with Crippen LogP contribution in [-0.4, -0.2) is 18.4 Å². The summed E-state index contributed by atoms with van der Waals surface area (Å²) in [6.45, 7) is 4.14. The van der Waals surface area contributed by atoms with Gasteiger partial charge in [0.25, 0.3) is 0 Å². The topological polar surface area (TPSA) is 67.4 Å². The van der Waals surface area contributed by atoms with Crippen LogP contribution in [0, 0.1) is 0 Å². The molecule has 0 saturated heterocycles. The molecule has 6 heteroatoms. The standard InChI is InChI=1S/C18H17ClN2O3/c1-2-11-24-15-9-7-14(8-10-15)21-18(23)17(22)20-12-13-5-3-4-6-16(13)19/h2-10H,1,11-12H2,(H,20,22)(H,21,23). The summed E-state index contributed by atoms with van der Waals surface area (Å²) in [5.41, 5.74) is 1.24. The molecule has 2 N–H and O–H groups in total. The SMILES string of the molecule is C=CCOc1ccc(NC(=O)C(=O)NCc2ccccc2Cl)cc1. The van der Waals surface area contributed by atoms with Gasteiger partial charge in [0, 0.05) is 17.3 Å². The van der Waals surface area contributed by atoms with E-state index in [-0.39, 0.29) is 6.54 Å². The minimum atomic E-state index is -0.748. The highest BCUT2D eigenvalue weighted by molar-refractivity contribution is 6.39. The highest BCUT2D eigenvalue weighted by Crippen LogP contribution is 2.16. The van der Waals surface area contributed by atoms with Crippen molar-refractivity contribution in [2.45, 2.75) is 6.54 Å². The van der Waals surface area contributed by atoms with E-state index in [2.05, 4.69) is 17.2 Å². The van der Waals surface area contributed by atoms with E-state index in [1.54, 1.807) is 48.5 Å². The average Bonchev–Trinajstić information content (AvgIpc) is 2.60. The average molecular weight is 345 g/mol. The highest BCUT2D eigenvalue weighted by Gasteiger charge is 2.13. The molecule has 2 aromatic rings. The molecule has 124 valence electrons. The quantitative estimate of drug-likeness (QED) is 0.625. The van der Waals surface area contributed by atoms with Crippen molar-refractivity contribution in [3.8, 4) is 5.75 Å². The molecule has 2 amide bonds.